The third-order valence-corrected chi connectivity index (χ3v) is 4.68. The number of nitrogens with one attached hydrogen (secondary N) is 2. The van der Waals surface area contributed by atoms with Crippen LogP contribution in [0.3, 0.4) is 0 Å². The van der Waals surface area contributed by atoms with Crippen LogP contribution in [0.15, 0.2) is 66.7 Å². The monoisotopic (exact) mass is 476 g/mol. The molecule has 0 atom stereocenters. The van der Waals surface area contributed by atoms with E-state index in [1.54, 1.807) is 19.2 Å². The van der Waals surface area contributed by atoms with E-state index in [1.165, 1.54) is 24.3 Å². The Balaban J connectivity index is 1.51. The maximum absolute atomic E-state index is 13.8. The molecule has 0 radical (unpaired) electrons. The lowest BCUT2D eigenvalue weighted by Gasteiger charge is -2.11. The summed E-state index contributed by atoms with van der Waals surface area (Å²) in [5, 5.41) is 4.82. The van der Waals surface area contributed by atoms with Gasteiger partial charge in [-0.05, 0) is 60.2 Å². The van der Waals surface area contributed by atoms with Crippen LogP contribution in [-0.4, -0.2) is 25.5 Å². The SMILES string of the molecule is COc1ccc(CNC(=O)COc2ccc(C(=O)Nc3cc(C(F)(F)F)ccc3F)cc2)cc1. The number of hydrogen-bond acceptors (Lipinski definition) is 4. The summed E-state index contributed by atoms with van der Waals surface area (Å²) in [4.78, 5) is 24.3. The molecule has 178 valence electrons. The number of methoxy groups -OCH3 is 1. The largest absolute Gasteiger partial charge is 0.497 e. The minimum Gasteiger partial charge on any atom is -0.497 e. The number of rotatable bonds is 8. The zero-order valence-electron chi connectivity index (χ0n) is 17.9. The van der Waals surface area contributed by atoms with Crippen molar-refractivity contribution in [3.63, 3.8) is 0 Å². The van der Waals surface area contributed by atoms with E-state index in [1.807, 2.05) is 12.1 Å². The topological polar surface area (TPSA) is 76.7 Å². The first kappa shape index (κ1) is 24.6. The van der Waals surface area contributed by atoms with Gasteiger partial charge >= 0.3 is 6.18 Å². The Labute approximate surface area is 192 Å². The van der Waals surface area contributed by atoms with Crippen LogP contribution in [0.5, 0.6) is 11.5 Å². The highest BCUT2D eigenvalue weighted by atomic mass is 19.4. The summed E-state index contributed by atoms with van der Waals surface area (Å²) in [6.45, 7) is 0.0362. The van der Waals surface area contributed by atoms with E-state index >= 15 is 0 Å². The summed E-state index contributed by atoms with van der Waals surface area (Å²) in [6.07, 6.45) is -4.67. The van der Waals surface area contributed by atoms with Crippen LogP contribution in [0, 0.1) is 5.82 Å². The van der Waals surface area contributed by atoms with Gasteiger partial charge in [-0.15, -0.1) is 0 Å². The van der Waals surface area contributed by atoms with Gasteiger partial charge in [0, 0.05) is 12.1 Å². The molecule has 0 saturated carbocycles. The Hall–Kier alpha value is -4.08. The van der Waals surface area contributed by atoms with Crippen LogP contribution in [-0.2, 0) is 17.5 Å². The Morgan fingerprint density at radius 1 is 0.912 bits per heavy atom. The number of hydrogen-bond donors (Lipinski definition) is 2. The van der Waals surface area contributed by atoms with Gasteiger partial charge in [-0.1, -0.05) is 12.1 Å². The molecular weight excluding hydrogens is 456 g/mol. The molecule has 34 heavy (non-hydrogen) atoms. The van der Waals surface area contributed by atoms with Gasteiger partial charge in [0.15, 0.2) is 6.61 Å². The third-order valence-electron chi connectivity index (χ3n) is 4.68. The minimum absolute atomic E-state index is 0.0631. The molecule has 3 aromatic carbocycles. The zero-order valence-corrected chi connectivity index (χ0v) is 17.9. The molecule has 0 aliphatic carbocycles. The second-order valence-corrected chi connectivity index (χ2v) is 7.08. The number of carbonyl (C=O) groups excluding carboxylic acids is 2. The van der Waals surface area contributed by atoms with Crippen LogP contribution in [0.25, 0.3) is 0 Å². The quantitative estimate of drug-likeness (QED) is 0.458. The lowest BCUT2D eigenvalue weighted by molar-refractivity contribution is -0.137. The summed E-state index contributed by atoms with van der Waals surface area (Å²) >= 11 is 0. The van der Waals surface area contributed by atoms with Gasteiger partial charge in [-0.25, -0.2) is 4.39 Å². The predicted molar refractivity (Wildman–Crippen MR) is 116 cm³/mol. The van der Waals surface area contributed by atoms with Crippen LogP contribution >= 0.6 is 0 Å². The highest BCUT2D eigenvalue weighted by Gasteiger charge is 2.31. The van der Waals surface area contributed by atoms with Crippen LogP contribution < -0.4 is 20.1 Å². The second kappa shape index (κ2) is 10.7. The van der Waals surface area contributed by atoms with Crippen LogP contribution in [0.2, 0.25) is 0 Å². The molecule has 3 rings (SSSR count). The molecule has 0 spiro atoms. The van der Waals surface area contributed by atoms with E-state index in [0.717, 1.165) is 5.56 Å². The van der Waals surface area contributed by atoms with Gasteiger partial charge in [0.1, 0.15) is 17.3 Å². The second-order valence-electron chi connectivity index (χ2n) is 7.08. The molecule has 0 aliphatic rings. The van der Waals surface area contributed by atoms with E-state index in [4.69, 9.17) is 9.47 Å². The predicted octanol–water partition coefficient (Wildman–Crippen LogP) is 4.80. The molecule has 2 amide bonds. The first-order valence-corrected chi connectivity index (χ1v) is 9.96. The van der Waals surface area contributed by atoms with Crippen molar-refractivity contribution in [3.05, 3.63) is 89.2 Å². The van der Waals surface area contributed by atoms with E-state index in [-0.39, 0.29) is 18.1 Å². The normalized spacial score (nSPS) is 11.0. The number of benzene rings is 3. The maximum Gasteiger partial charge on any atom is 0.416 e. The molecular formula is C24H20F4N2O4. The van der Waals surface area contributed by atoms with E-state index < -0.39 is 29.2 Å². The van der Waals surface area contributed by atoms with Crippen molar-refractivity contribution in [2.75, 3.05) is 19.0 Å². The average Bonchev–Trinajstić information content (AvgIpc) is 2.82. The Morgan fingerprint density at radius 2 is 1.56 bits per heavy atom. The molecule has 0 saturated heterocycles. The molecule has 0 heterocycles. The number of carbonyl (C=O) groups is 2. The molecule has 0 unspecified atom stereocenters. The average molecular weight is 476 g/mol. The highest BCUT2D eigenvalue weighted by Crippen LogP contribution is 2.32. The number of halogens is 4. The molecule has 0 aliphatic heterocycles. The van der Waals surface area contributed by atoms with E-state index in [2.05, 4.69) is 10.6 Å². The summed E-state index contributed by atoms with van der Waals surface area (Å²) in [5.74, 6) is -1.17. The maximum atomic E-state index is 13.8. The zero-order chi connectivity index (χ0) is 24.7. The van der Waals surface area contributed by atoms with Gasteiger partial charge in [0.2, 0.25) is 0 Å². The van der Waals surface area contributed by atoms with E-state index in [0.29, 0.717) is 36.2 Å². The van der Waals surface area contributed by atoms with Crippen molar-refractivity contribution in [1.29, 1.82) is 0 Å². The van der Waals surface area contributed by atoms with Gasteiger partial charge in [-0.2, -0.15) is 13.2 Å². The van der Waals surface area contributed by atoms with Crippen LogP contribution in [0.1, 0.15) is 21.5 Å². The van der Waals surface area contributed by atoms with Crippen molar-refractivity contribution in [3.8, 4) is 11.5 Å². The van der Waals surface area contributed by atoms with Gasteiger partial charge < -0.3 is 20.1 Å². The van der Waals surface area contributed by atoms with Gasteiger partial charge in [0.05, 0.1) is 18.4 Å². The Morgan fingerprint density at radius 3 is 2.18 bits per heavy atom. The molecule has 0 fully saturated rings. The van der Waals surface area contributed by atoms with Gasteiger partial charge in [0.25, 0.3) is 11.8 Å². The summed E-state index contributed by atoms with van der Waals surface area (Å²) in [5.41, 5.74) is -0.735. The van der Waals surface area contributed by atoms with Crippen molar-refractivity contribution in [1.82, 2.24) is 5.32 Å². The minimum atomic E-state index is -4.67. The fourth-order valence-electron chi connectivity index (χ4n) is 2.84. The fourth-order valence-corrected chi connectivity index (χ4v) is 2.84. The molecule has 6 nitrogen and oxygen atoms in total. The Kier molecular flexibility index (Phi) is 7.72. The summed E-state index contributed by atoms with van der Waals surface area (Å²) in [6, 6.07) is 14.4. The van der Waals surface area contributed by atoms with Gasteiger partial charge in [-0.3, -0.25) is 9.59 Å². The van der Waals surface area contributed by atoms with Crippen molar-refractivity contribution >= 4 is 17.5 Å². The highest BCUT2D eigenvalue weighted by molar-refractivity contribution is 6.04. The van der Waals surface area contributed by atoms with Crippen molar-refractivity contribution in [2.24, 2.45) is 0 Å². The number of ether oxygens (including phenoxy) is 2. The molecule has 0 bridgehead atoms. The molecule has 2 N–H and O–H groups in total. The van der Waals surface area contributed by atoms with Crippen molar-refractivity contribution < 1.29 is 36.6 Å². The smallest absolute Gasteiger partial charge is 0.416 e. The van der Waals surface area contributed by atoms with Crippen molar-refractivity contribution in [2.45, 2.75) is 12.7 Å². The van der Waals surface area contributed by atoms with E-state index in [9.17, 15) is 27.2 Å². The van der Waals surface area contributed by atoms with Crippen LogP contribution in [0.4, 0.5) is 23.2 Å². The number of alkyl halides is 3. The lowest BCUT2D eigenvalue weighted by atomic mass is 10.1. The molecule has 0 aromatic heterocycles. The summed E-state index contributed by atoms with van der Waals surface area (Å²) < 4.78 is 62.7. The number of anilines is 1. The number of amides is 2. The molecule has 3 aromatic rings. The first-order chi connectivity index (χ1) is 16.2. The summed E-state index contributed by atoms with van der Waals surface area (Å²) in [7, 11) is 1.56. The fraction of sp³-hybridized carbons (Fsp3) is 0.167. The lowest BCUT2D eigenvalue weighted by Crippen LogP contribution is -2.28. The Bertz CT molecular complexity index is 1150. The third kappa shape index (κ3) is 6.71. The standard InChI is InChI=1S/C24H20F4N2O4/c1-33-18-7-2-15(3-8-18)13-29-22(31)14-34-19-9-4-16(5-10-19)23(32)30-21-12-17(24(26,27)28)6-11-20(21)25/h2-12H,13-14H2,1H3,(H,29,31)(H,30,32). The first-order valence-electron chi connectivity index (χ1n) is 9.96. The molecule has 10 heteroatoms.